The van der Waals surface area contributed by atoms with Gasteiger partial charge < -0.3 is 5.32 Å². The van der Waals surface area contributed by atoms with Gasteiger partial charge in [-0.15, -0.1) is 21.5 Å². The number of nitrogens with zero attached hydrogens (tertiary/aromatic N) is 4. The summed E-state index contributed by atoms with van der Waals surface area (Å²) >= 11 is 8.95. The van der Waals surface area contributed by atoms with Crippen LogP contribution in [0.4, 0.5) is 5.69 Å². The maximum atomic E-state index is 12.5. The normalized spacial score (nSPS) is 10.6. The highest BCUT2D eigenvalue weighted by atomic mass is 35.5. The van der Waals surface area contributed by atoms with E-state index in [0.29, 0.717) is 28.0 Å². The number of nitriles is 1. The average Bonchev–Trinajstić information content (AvgIpc) is 3.43. The summed E-state index contributed by atoms with van der Waals surface area (Å²) in [5.41, 5.74) is 2.03. The Kier molecular flexibility index (Phi) is 6.67. The third-order valence-electron chi connectivity index (χ3n) is 4.35. The molecule has 6 nitrogen and oxygen atoms in total. The van der Waals surface area contributed by atoms with Gasteiger partial charge in [-0.05, 0) is 35.2 Å². The number of anilines is 1. The topological polar surface area (TPSA) is 83.6 Å². The second-order valence-corrected chi connectivity index (χ2v) is 8.80. The van der Waals surface area contributed by atoms with Gasteiger partial charge in [0.15, 0.2) is 11.0 Å². The summed E-state index contributed by atoms with van der Waals surface area (Å²) in [4.78, 5) is 13.5. The van der Waals surface area contributed by atoms with Crippen LogP contribution in [0.15, 0.2) is 71.2 Å². The lowest BCUT2D eigenvalue weighted by Gasteiger charge is -2.10. The Bertz CT molecular complexity index is 1230. The molecule has 154 valence electrons. The molecule has 1 N–H and O–H groups in total. The van der Waals surface area contributed by atoms with Crippen LogP contribution >= 0.6 is 34.7 Å². The second kappa shape index (κ2) is 9.79. The summed E-state index contributed by atoms with van der Waals surface area (Å²) in [7, 11) is 0. The minimum absolute atomic E-state index is 0.162. The van der Waals surface area contributed by atoms with Crippen molar-refractivity contribution in [3.05, 3.63) is 82.2 Å². The molecule has 2 heterocycles. The fourth-order valence-corrected chi connectivity index (χ4v) is 4.58. The van der Waals surface area contributed by atoms with Gasteiger partial charge in [0.25, 0.3) is 0 Å². The Labute approximate surface area is 192 Å². The lowest BCUT2D eigenvalue weighted by molar-refractivity contribution is -0.113. The third kappa shape index (κ3) is 5.14. The van der Waals surface area contributed by atoms with Crippen LogP contribution < -0.4 is 5.32 Å². The van der Waals surface area contributed by atoms with Gasteiger partial charge in [-0.1, -0.05) is 59.8 Å². The van der Waals surface area contributed by atoms with Gasteiger partial charge in [0, 0.05) is 5.69 Å². The van der Waals surface area contributed by atoms with Gasteiger partial charge in [-0.2, -0.15) is 5.26 Å². The molecule has 31 heavy (non-hydrogen) atoms. The Morgan fingerprint density at radius 3 is 2.71 bits per heavy atom. The molecule has 0 atom stereocenters. The molecule has 9 heteroatoms. The number of aromatic nitrogens is 3. The van der Waals surface area contributed by atoms with Crippen LogP contribution in [0.2, 0.25) is 5.02 Å². The van der Waals surface area contributed by atoms with Crippen molar-refractivity contribution in [3.8, 4) is 16.8 Å². The van der Waals surface area contributed by atoms with E-state index in [9.17, 15) is 4.79 Å². The fraction of sp³-hybridized carbons (Fsp3) is 0.0909. The van der Waals surface area contributed by atoms with Gasteiger partial charge in [-0.25, -0.2) is 0 Å². The molecule has 0 spiro atoms. The molecular formula is C22H16ClN5OS2. The van der Waals surface area contributed by atoms with Gasteiger partial charge in [0.2, 0.25) is 5.91 Å². The van der Waals surface area contributed by atoms with Crippen LogP contribution in [0.25, 0.3) is 10.7 Å². The zero-order valence-corrected chi connectivity index (χ0v) is 18.5. The Balaban J connectivity index is 1.49. The van der Waals surface area contributed by atoms with Crippen molar-refractivity contribution < 1.29 is 4.79 Å². The number of benzene rings is 2. The summed E-state index contributed by atoms with van der Waals surface area (Å²) in [5, 5.41) is 23.4. The van der Waals surface area contributed by atoms with Crippen molar-refractivity contribution in [2.45, 2.75) is 11.7 Å². The first-order valence-corrected chi connectivity index (χ1v) is 11.5. The second-order valence-electron chi connectivity index (χ2n) is 6.50. The van der Waals surface area contributed by atoms with E-state index >= 15 is 0 Å². The van der Waals surface area contributed by atoms with Crippen LogP contribution in [0.3, 0.4) is 0 Å². The molecule has 0 saturated heterocycles. The standard InChI is InChI=1S/C22H16ClN5OS2/c23-18-11-17(9-8-16(18)12-24)25-20(29)14-31-22-27-26-21(19-7-4-10-30-19)28(22)13-15-5-2-1-3-6-15/h1-11H,13-14H2,(H,25,29). The van der Waals surface area contributed by atoms with Crippen LogP contribution in [0.1, 0.15) is 11.1 Å². The number of rotatable bonds is 7. The molecule has 4 rings (SSSR count). The highest BCUT2D eigenvalue weighted by molar-refractivity contribution is 7.99. The first-order valence-electron chi connectivity index (χ1n) is 9.27. The molecule has 0 bridgehead atoms. The Morgan fingerprint density at radius 2 is 2.00 bits per heavy atom. The van der Waals surface area contributed by atoms with Crippen molar-refractivity contribution >= 4 is 46.3 Å². The summed E-state index contributed by atoms with van der Waals surface area (Å²) in [6.07, 6.45) is 0. The van der Waals surface area contributed by atoms with Gasteiger partial charge in [-0.3, -0.25) is 9.36 Å². The number of amides is 1. The van der Waals surface area contributed by atoms with Crippen LogP contribution in [-0.2, 0) is 11.3 Å². The first-order chi connectivity index (χ1) is 15.1. The van der Waals surface area contributed by atoms with Crippen molar-refractivity contribution in [3.63, 3.8) is 0 Å². The molecule has 0 fully saturated rings. The molecule has 0 saturated carbocycles. The Morgan fingerprint density at radius 1 is 1.16 bits per heavy atom. The van der Waals surface area contributed by atoms with E-state index in [4.69, 9.17) is 16.9 Å². The largest absolute Gasteiger partial charge is 0.325 e. The molecule has 0 aliphatic heterocycles. The maximum Gasteiger partial charge on any atom is 0.234 e. The zero-order valence-electron chi connectivity index (χ0n) is 16.2. The van der Waals surface area contributed by atoms with E-state index in [-0.39, 0.29) is 11.7 Å². The lowest BCUT2D eigenvalue weighted by Crippen LogP contribution is -2.15. The summed E-state index contributed by atoms with van der Waals surface area (Å²) < 4.78 is 2.03. The van der Waals surface area contributed by atoms with E-state index in [1.54, 1.807) is 29.5 Å². The predicted octanol–water partition coefficient (Wildman–Crippen LogP) is 5.31. The lowest BCUT2D eigenvalue weighted by atomic mass is 10.2. The summed E-state index contributed by atoms with van der Waals surface area (Å²) in [6, 6.07) is 20.8. The van der Waals surface area contributed by atoms with E-state index in [1.807, 2.05) is 58.5 Å². The zero-order chi connectivity index (χ0) is 21.6. The molecular weight excluding hydrogens is 450 g/mol. The molecule has 0 aliphatic carbocycles. The minimum atomic E-state index is -0.197. The molecule has 0 unspecified atom stereocenters. The summed E-state index contributed by atoms with van der Waals surface area (Å²) in [5.74, 6) is 0.743. The first kappa shape index (κ1) is 21.1. The predicted molar refractivity (Wildman–Crippen MR) is 124 cm³/mol. The highest BCUT2D eigenvalue weighted by Crippen LogP contribution is 2.28. The summed E-state index contributed by atoms with van der Waals surface area (Å²) in [6.45, 7) is 0.607. The number of halogens is 1. The van der Waals surface area contributed by atoms with E-state index < -0.39 is 0 Å². The van der Waals surface area contributed by atoms with Crippen LogP contribution in [-0.4, -0.2) is 26.4 Å². The van der Waals surface area contributed by atoms with Crippen molar-refractivity contribution in [2.24, 2.45) is 0 Å². The number of thioether (sulfide) groups is 1. The molecule has 0 radical (unpaired) electrons. The monoisotopic (exact) mass is 465 g/mol. The molecule has 0 aliphatic rings. The SMILES string of the molecule is N#Cc1ccc(NC(=O)CSc2nnc(-c3cccs3)n2Cc2ccccc2)cc1Cl. The van der Waals surface area contributed by atoms with Crippen molar-refractivity contribution in [1.29, 1.82) is 5.26 Å². The number of nitrogens with one attached hydrogen (secondary N) is 1. The molecule has 2 aromatic heterocycles. The number of carbonyl (C=O) groups excluding carboxylic acids is 1. The van der Waals surface area contributed by atoms with Gasteiger partial charge in [0.05, 0.1) is 27.8 Å². The highest BCUT2D eigenvalue weighted by Gasteiger charge is 2.17. The quantitative estimate of drug-likeness (QED) is 0.374. The van der Waals surface area contributed by atoms with E-state index in [0.717, 1.165) is 16.3 Å². The van der Waals surface area contributed by atoms with Crippen LogP contribution in [0, 0.1) is 11.3 Å². The van der Waals surface area contributed by atoms with E-state index in [1.165, 1.54) is 11.8 Å². The number of hydrogen-bond donors (Lipinski definition) is 1. The minimum Gasteiger partial charge on any atom is -0.325 e. The number of carbonyl (C=O) groups is 1. The van der Waals surface area contributed by atoms with Crippen LogP contribution in [0.5, 0.6) is 0 Å². The van der Waals surface area contributed by atoms with Crippen molar-refractivity contribution in [2.75, 3.05) is 11.1 Å². The maximum absolute atomic E-state index is 12.5. The fourth-order valence-electron chi connectivity index (χ4n) is 2.90. The molecule has 2 aromatic carbocycles. The molecule has 1 amide bonds. The van der Waals surface area contributed by atoms with E-state index in [2.05, 4.69) is 15.5 Å². The average molecular weight is 466 g/mol. The Hall–Kier alpha value is -3.12. The van der Waals surface area contributed by atoms with Crippen molar-refractivity contribution in [1.82, 2.24) is 14.8 Å². The van der Waals surface area contributed by atoms with Gasteiger partial charge >= 0.3 is 0 Å². The molecule has 4 aromatic rings. The number of thiophene rings is 1. The smallest absolute Gasteiger partial charge is 0.234 e. The number of hydrogen-bond acceptors (Lipinski definition) is 6. The van der Waals surface area contributed by atoms with Gasteiger partial charge in [0.1, 0.15) is 6.07 Å². The third-order valence-corrected chi connectivity index (χ3v) is 6.49.